The average Bonchev–Trinajstić information content (AvgIpc) is 2.51. The molecule has 3 nitrogen and oxygen atoms in total. The van der Waals surface area contributed by atoms with Crippen LogP contribution in [0.2, 0.25) is 0 Å². The van der Waals surface area contributed by atoms with Gasteiger partial charge >= 0.3 is 0 Å². The van der Waals surface area contributed by atoms with Gasteiger partial charge in [-0.3, -0.25) is 14.6 Å². The first-order chi connectivity index (χ1) is 10.4. The molecule has 0 aliphatic carbocycles. The minimum Gasteiger partial charge on any atom is -0.295 e. The summed E-state index contributed by atoms with van der Waals surface area (Å²) in [6.07, 6.45) is 1.21. The van der Waals surface area contributed by atoms with E-state index in [-0.39, 0.29) is 17.5 Å². The standard InChI is InChI=1S/C15H28Cl4N2O/c1-5-14(11-18,20(3)9-7-16)13(22)15(6-2,12-19)21(4)10-8-17/h5-12H2,1-4H3. The third-order valence-corrected chi connectivity index (χ3v) is 5.98. The normalized spacial score (nSPS) is 17.5. The summed E-state index contributed by atoms with van der Waals surface area (Å²) in [5.41, 5.74) is -1.55. The number of nitrogens with zero attached hydrogens (tertiary/aromatic N) is 2. The molecule has 132 valence electrons. The van der Waals surface area contributed by atoms with Crippen LogP contribution in [0.1, 0.15) is 26.7 Å². The molecule has 0 radical (unpaired) electrons. The van der Waals surface area contributed by atoms with Gasteiger partial charge in [0.15, 0.2) is 5.78 Å². The van der Waals surface area contributed by atoms with E-state index in [1.165, 1.54) is 0 Å². The first kappa shape index (κ1) is 22.8. The monoisotopic (exact) mass is 392 g/mol. The Bertz CT molecular complexity index is 304. The van der Waals surface area contributed by atoms with Crippen LogP contribution in [-0.2, 0) is 4.79 Å². The van der Waals surface area contributed by atoms with Gasteiger partial charge in [0.05, 0.1) is 11.1 Å². The molecule has 0 saturated heterocycles. The first-order valence-electron chi connectivity index (χ1n) is 7.58. The maximum absolute atomic E-state index is 13.5. The van der Waals surface area contributed by atoms with Gasteiger partial charge in [0.1, 0.15) is 0 Å². The van der Waals surface area contributed by atoms with Gasteiger partial charge in [-0.15, -0.1) is 46.4 Å². The summed E-state index contributed by atoms with van der Waals surface area (Å²) in [7, 11) is 3.78. The number of hydrogen-bond acceptors (Lipinski definition) is 3. The van der Waals surface area contributed by atoms with Crippen LogP contribution in [0, 0.1) is 0 Å². The Balaban J connectivity index is 5.83. The molecule has 0 aliphatic rings. The Morgan fingerprint density at radius 3 is 1.32 bits per heavy atom. The van der Waals surface area contributed by atoms with Crippen molar-refractivity contribution >= 4 is 52.2 Å². The van der Waals surface area contributed by atoms with Crippen molar-refractivity contribution in [3.63, 3.8) is 0 Å². The van der Waals surface area contributed by atoms with Crippen molar-refractivity contribution in [1.29, 1.82) is 0 Å². The van der Waals surface area contributed by atoms with Crippen LogP contribution < -0.4 is 0 Å². The van der Waals surface area contributed by atoms with Gasteiger partial charge in [-0.05, 0) is 26.9 Å². The number of carbonyl (C=O) groups excluding carboxylic acids is 1. The Labute approximate surface area is 155 Å². The molecule has 0 saturated carbocycles. The van der Waals surface area contributed by atoms with Crippen molar-refractivity contribution in [1.82, 2.24) is 9.80 Å². The van der Waals surface area contributed by atoms with Crippen molar-refractivity contribution in [3.8, 4) is 0 Å². The van der Waals surface area contributed by atoms with E-state index in [1.807, 2.05) is 37.7 Å². The number of likely N-dealkylation sites (N-methyl/N-ethyl adjacent to an activating group) is 2. The van der Waals surface area contributed by atoms with Gasteiger partial charge < -0.3 is 0 Å². The molecule has 0 heterocycles. The van der Waals surface area contributed by atoms with Crippen LogP contribution >= 0.6 is 46.4 Å². The van der Waals surface area contributed by atoms with Crippen molar-refractivity contribution in [2.75, 3.05) is 50.7 Å². The molecule has 0 bridgehead atoms. The molecule has 0 N–H and O–H groups in total. The van der Waals surface area contributed by atoms with E-state index in [0.717, 1.165) is 0 Å². The van der Waals surface area contributed by atoms with Crippen LogP contribution in [0.15, 0.2) is 0 Å². The number of ketones is 1. The van der Waals surface area contributed by atoms with E-state index in [9.17, 15) is 4.79 Å². The van der Waals surface area contributed by atoms with E-state index in [4.69, 9.17) is 46.4 Å². The molecular weight excluding hydrogens is 366 g/mol. The van der Waals surface area contributed by atoms with E-state index in [0.29, 0.717) is 37.7 Å². The summed E-state index contributed by atoms with van der Waals surface area (Å²) >= 11 is 24.2. The molecule has 0 rings (SSSR count). The van der Waals surface area contributed by atoms with Gasteiger partial charge in [-0.25, -0.2) is 0 Å². The molecule has 0 aliphatic heterocycles. The second-order valence-electron chi connectivity index (χ2n) is 5.59. The second kappa shape index (κ2) is 10.6. The van der Waals surface area contributed by atoms with Gasteiger partial charge in [0.25, 0.3) is 0 Å². The van der Waals surface area contributed by atoms with E-state index < -0.39 is 11.1 Å². The van der Waals surface area contributed by atoms with E-state index >= 15 is 0 Å². The predicted molar refractivity (Wildman–Crippen MR) is 99.2 cm³/mol. The summed E-state index contributed by atoms with van der Waals surface area (Å²) in [6.45, 7) is 5.13. The zero-order valence-corrected chi connectivity index (χ0v) is 17.0. The fourth-order valence-electron chi connectivity index (χ4n) is 2.84. The highest BCUT2D eigenvalue weighted by atomic mass is 35.5. The quantitative estimate of drug-likeness (QED) is 0.472. The summed E-state index contributed by atoms with van der Waals surface area (Å²) in [5, 5.41) is 0. The number of alkyl halides is 4. The lowest BCUT2D eigenvalue weighted by atomic mass is 9.77. The second-order valence-corrected chi connectivity index (χ2v) is 6.88. The summed E-state index contributed by atoms with van der Waals surface area (Å²) < 4.78 is 0. The highest BCUT2D eigenvalue weighted by Gasteiger charge is 2.51. The Kier molecular flexibility index (Phi) is 10.9. The highest BCUT2D eigenvalue weighted by molar-refractivity contribution is 6.24. The zero-order chi connectivity index (χ0) is 17.4. The number of rotatable bonds is 12. The van der Waals surface area contributed by atoms with E-state index in [2.05, 4.69) is 0 Å². The minimum absolute atomic E-state index is 0.0511. The average molecular weight is 394 g/mol. The van der Waals surface area contributed by atoms with E-state index in [1.54, 1.807) is 0 Å². The third-order valence-electron chi connectivity index (χ3n) is 4.76. The van der Waals surface area contributed by atoms with Gasteiger partial charge in [-0.1, -0.05) is 13.8 Å². The SMILES string of the molecule is CCC(CCl)(C(=O)C(CC)(CCl)N(C)CCCl)N(C)CCCl. The maximum Gasteiger partial charge on any atom is 0.175 e. The fourth-order valence-corrected chi connectivity index (χ4v) is 4.37. The molecule has 0 aromatic carbocycles. The van der Waals surface area contributed by atoms with Crippen LogP contribution in [0.25, 0.3) is 0 Å². The number of Topliss-reactive ketones (excluding diaryl/α,β-unsaturated/α-hetero) is 1. The summed E-state index contributed by atoms with van der Waals surface area (Å²) in [4.78, 5) is 17.4. The fraction of sp³-hybridized carbons (Fsp3) is 0.933. The van der Waals surface area contributed by atoms with Crippen molar-refractivity contribution < 1.29 is 4.79 Å². The van der Waals surface area contributed by atoms with Crippen LogP contribution in [-0.4, -0.2) is 77.4 Å². The van der Waals surface area contributed by atoms with Gasteiger partial charge in [0, 0.05) is 36.6 Å². The highest BCUT2D eigenvalue weighted by Crippen LogP contribution is 2.33. The molecular formula is C15H28Cl4N2O. The molecule has 0 amide bonds. The molecule has 0 aromatic rings. The molecule has 0 spiro atoms. The minimum atomic E-state index is -0.776. The lowest BCUT2D eigenvalue weighted by Crippen LogP contribution is -2.67. The zero-order valence-electron chi connectivity index (χ0n) is 14.0. The summed E-state index contributed by atoms with van der Waals surface area (Å²) in [5.74, 6) is 1.36. The Hall–Kier alpha value is 0.750. The van der Waals surface area contributed by atoms with Crippen molar-refractivity contribution in [3.05, 3.63) is 0 Å². The molecule has 22 heavy (non-hydrogen) atoms. The number of hydrogen-bond donors (Lipinski definition) is 0. The van der Waals surface area contributed by atoms with Crippen molar-refractivity contribution in [2.24, 2.45) is 0 Å². The molecule has 0 fully saturated rings. The topological polar surface area (TPSA) is 23.6 Å². The smallest absolute Gasteiger partial charge is 0.175 e. The number of halogens is 4. The number of carbonyl (C=O) groups is 1. The van der Waals surface area contributed by atoms with Crippen LogP contribution in [0.4, 0.5) is 0 Å². The largest absolute Gasteiger partial charge is 0.295 e. The predicted octanol–water partition coefficient (Wildman–Crippen LogP) is 3.67. The van der Waals surface area contributed by atoms with Crippen LogP contribution in [0.3, 0.4) is 0 Å². The lowest BCUT2D eigenvalue weighted by molar-refractivity contribution is -0.140. The first-order valence-corrected chi connectivity index (χ1v) is 9.71. The summed E-state index contributed by atoms with van der Waals surface area (Å²) in [6, 6.07) is 0. The molecule has 2 atom stereocenters. The van der Waals surface area contributed by atoms with Crippen LogP contribution in [0.5, 0.6) is 0 Å². The third kappa shape index (κ3) is 4.43. The van der Waals surface area contributed by atoms with Gasteiger partial charge in [0.2, 0.25) is 0 Å². The Morgan fingerprint density at radius 1 is 0.818 bits per heavy atom. The molecule has 7 heteroatoms. The molecule has 2 unspecified atom stereocenters. The van der Waals surface area contributed by atoms with Gasteiger partial charge in [-0.2, -0.15) is 0 Å². The lowest BCUT2D eigenvalue weighted by Gasteiger charge is -2.48. The molecule has 0 aromatic heterocycles. The maximum atomic E-state index is 13.5. The Morgan fingerprint density at radius 2 is 1.14 bits per heavy atom. The van der Waals surface area contributed by atoms with Crippen molar-refractivity contribution in [2.45, 2.75) is 37.8 Å².